The Morgan fingerprint density at radius 2 is 1.76 bits per heavy atom. The van der Waals surface area contributed by atoms with Crippen LogP contribution in [0.1, 0.15) is 55.1 Å². The van der Waals surface area contributed by atoms with E-state index in [4.69, 9.17) is 26.8 Å². The molecule has 7 N–H and O–H groups in total. The number of rotatable bonds is 14. The first-order valence-corrected chi connectivity index (χ1v) is 17.9. The zero-order chi connectivity index (χ0) is 34.8. The molecule has 0 bridgehead atoms. The second kappa shape index (κ2) is 17.6. The van der Waals surface area contributed by atoms with Crippen LogP contribution in [0, 0.1) is 5.92 Å². The lowest BCUT2D eigenvalue weighted by molar-refractivity contribution is -0.135. The molecule has 0 aliphatic carbocycles. The Balaban J connectivity index is 1.34. The molecule has 1 aromatic heterocycles. The summed E-state index contributed by atoms with van der Waals surface area (Å²) in [6.45, 7) is 1.78. The lowest BCUT2D eigenvalue weighted by Crippen LogP contribution is -2.60. The fourth-order valence-corrected chi connectivity index (χ4v) is 7.42. The number of hydrogen-bond acceptors (Lipinski definition) is 9. The van der Waals surface area contributed by atoms with Gasteiger partial charge in [0.2, 0.25) is 17.7 Å². The van der Waals surface area contributed by atoms with E-state index in [1.165, 1.54) is 18.4 Å². The average Bonchev–Trinajstić information content (AvgIpc) is 3.51. The van der Waals surface area contributed by atoms with Gasteiger partial charge in [0.25, 0.3) is 0 Å². The fourth-order valence-electron chi connectivity index (χ4n) is 6.14. The largest absolute Gasteiger partial charge is 0.493 e. The third-order valence-corrected chi connectivity index (χ3v) is 10.1. The van der Waals surface area contributed by atoms with Crippen molar-refractivity contribution in [3.63, 3.8) is 0 Å². The number of hydrogen-bond donors (Lipinski definition) is 6. The van der Waals surface area contributed by atoms with E-state index < -0.39 is 36.0 Å². The quantitative estimate of drug-likeness (QED) is 0.138. The first-order chi connectivity index (χ1) is 23.7. The van der Waals surface area contributed by atoms with Crippen LogP contribution in [0.2, 0.25) is 5.02 Å². The summed E-state index contributed by atoms with van der Waals surface area (Å²) in [6, 6.07) is 9.20. The normalized spacial score (nSPS) is 17.9. The molecule has 264 valence electrons. The summed E-state index contributed by atoms with van der Waals surface area (Å²) in [5.41, 5.74) is 7.36. The van der Waals surface area contributed by atoms with Gasteiger partial charge in [0.05, 0.1) is 27.9 Å². The number of nitrogens with one attached hydrogen (secondary N) is 5. The number of unbranched alkanes of at least 4 members (excludes halogenated alkanes) is 1. The number of nitrogens with two attached hydrogens (primary N) is 1. The van der Waals surface area contributed by atoms with E-state index in [1.54, 1.807) is 18.2 Å². The Bertz CT molecular complexity index is 1620. The fraction of sp³-hybridized carbons (Fsp3) is 0.500. The molecule has 3 heterocycles. The number of halogens is 1. The van der Waals surface area contributed by atoms with Crippen LogP contribution < -0.4 is 37.1 Å². The maximum atomic E-state index is 14.1. The minimum atomic E-state index is -1.04. The molecule has 0 saturated carbocycles. The number of nitrogens with zero attached hydrogens (tertiary/aromatic N) is 1. The third kappa shape index (κ3) is 9.81. The minimum Gasteiger partial charge on any atom is -0.493 e. The molecule has 5 rings (SSSR count). The highest BCUT2D eigenvalue weighted by atomic mass is 35.5. The highest BCUT2D eigenvalue weighted by Gasteiger charge is 2.36. The van der Waals surface area contributed by atoms with E-state index in [0.717, 1.165) is 21.5 Å². The van der Waals surface area contributed by atoms with Gasteiger partial charge in [-0.25, -0.2) is 9.78 Å². The summed E-state index contributed by atoms with van der Waals surface area (Å²) >= 11 is 7.53. The topological polar surface area (TPSA) is 186 Å². The maximum absolute atomic E-state index is 14.1. The van der Waals surface area contributed by atoms with Crippen molar-refractivity contribution in [3.8, 4) is 5.75 Å². The number of aromatic nitrogens is 1. The van der Waals surface area contributed by atoms with Crippen LogP contribution in [0.15, 0.2) is 42.5 Å². The van der Waals surface area contributed by atoms with Crippen molar-refractivity contribution < 1.29 is 28.7 Å². The highest BCUT2D eigenvalue weighted by Crippen LogP contribution is 2.32. The number of carbonyl (C=O) groups excluding carboxylic acids is 4. The molecule has 0 spiro atoms. The molecule has 13 nitrogen and oxygen atoms in total. The van der Waals surface area contributed by atoms with E-state index in [9.17, 15) is 19.2 Å². The Labute approximate surface area is 294 Å². The van der Waals surface area contributed by atoms with Crippen molar-refractivity contribution in [2.75, 3.05) is 33.4 Å². The SMILES string of the molecule is CNC(=O)N[C@@H](Cc1nc2ccc(Cl)cc2s1)C(=O)N[C@H](C(=O)N[C@@H](CCCCN)C(=O)N[C@@H]1CCOc2ccccc21)C1CCOCC1. The van der Waals surface area contributed by atoms with Gasteiger partial charge in [0, 0.05) is 43.7 Å². The first kappa shape index (κ1) is 36.3. The predicted molar refractivity (Wildman–Crippen MR) is 187 cm³/mol. The number of para-hydroxylation sites is 1. The van der Waals surface area contributed by atoms with E-state index in [-0.39, 0.29) is 24.3 Å². The van der Waals surface area contributed by atoms with Gasteiger partial charge in [-0.15, -0.1) is 11.3 Å². The van der Waals surface area contributed by atoms with E-state index in [0.29, 0.717) is 74.9 Å². The number of carbonyl (C=O) groups is 4. The summed E-state index contributed by atoms with van der Waals surface area (Å²) in [4.78, 5) is 58.9. The minimum absolute atomic E-state index is 0.0923. The maximum Gasteiger partial charge on any atom is 0.315 e. The van der Waals surface area contributed by atoms with Crippen LogP contribution in [0.25, 0.3) is 10.2 Å². The number of ether oxygens (including phenoxy) is 2. The lowest BCUT2D eigenvalue weighted by Gasteiger charge is -2.33. The molecule has 2 aliphatic heterocycles. The predicted octanol–water partition coefficient (Wildman–Crippen LogP) is 2.96. The third-order valence-electron chi connectivity index (χ3n) is 8.79. The number of benzene rings is 2. The first-order valence-electron chi connectivity index (χ1n) is 16.7. The van der Waals surface area contributed by atoms with Crippen molar-refractivity contribution in [1.82, 2.24) is 31.6 Å². The summed E-state index contributed by atoms with van der Waals surface area (Å²) in [6.07, 6.45) is 3.44. The highest BCUT2D eigenvalue weighted by molar-refractivity contribution is 7.18. The number of amides is 5. The Morgan fingerprint density at radius 1 is 0.959 bits per heavy atom. The summed E-state index contributed by atoms with van der Waals surface area (Å²) in [5, 5.41) is 15.4. The van der Waals surface area contributed by atoms with Crippen LogP contribution in [0.4, 0.5) is 4.79 Å². The van der Waals surface area contributed by atoms with Crippen LogP contribution in [-0.2, 0) is 25.5 Å². The van der Waals surface area contributed by atoms with Crippen LogP contribution in [0.5, 0.6) is 5.75 Å². The van der Waals surface area contributed by atoms with Gasteiger partial charge >= 0.3 is 6.03 Å². The molecular weight excluding hydrogens is 670 g/mol. The summed E-state index contributed by atoms with van der Waals surface area (Å²) in [7, 11) is 1.46. The molecule has 1 fully saturated rings. The Kier molecular flexibility index (Phi) is 13.0. The molecule has 15 heteroatoms. The smallest absolute Gasteiger partial charge is 0.315 e. The molecular formula is C34H44ClN7O6S. The standard InChI is InChI=1S/C34H44ClN7O6S/c1-37-34(46)41-26(19-29-38-24-10-9-21(35)18-28(24)49-29)32(44)42-30(20-11-15-47-16-12-20)33(45)40-25(7-4-5-14-36)31(43)39-23-13-17-48-27-8-3-2-6-22(23)27/h2-3,6,8-10,18,20,23,25-26,30H,4-5,7,11-17,19,36H2,1H3,(H,39,43)(H,40,45)(H,42,44)(H2,37,41,46)/t23-,25+,26+,30+/m1/s1. The van der Waals surface area contributed by atoms with Gasteiger partial charge in [0.15, 0.2) is 0 Å². The molecule has 2 aliphatic rings. The van der Waals surface area contributed by atoms with Gasteiger partial charge in [-0.2, -0.15) is 0 Å². The van der Waals surface area contributed by atoms with Gasteiger partial charge in [-0.05, 0) is 68.8 Å². The molecule has 1 saturated heterocycles. The Morgan fingerprint density at radius 3 is 2.53 bits per heavy atom. The summed E-state index contributed by atoms with van der Waals surface area (Å²) in [5.74, 6) is -0.874. The van der Waals surface area contributed by atoms with Crippen LogP contribution in [0.3, 0.4) is 0 Å². The van der Waals surface area contributed by atoms with E-state index in [2.05, 4.69) is 31.6 Å². The van der Waals surface area contributed by atoms with Crippen molar-refractivity contribution >= 4 is 56.9 Å². The van der Waals surface area contributed by atoms with Crippen molar-refractivity contribution in [2.24, 2.45) is 11.7 Å². The molecule has 0 unspecified atom stereocenters. The van der Waals surface area contributed by atoms with Crippen LogP contribution >= 0.6 is 22.9 Å². The average molecular weight is 714 g/mol. The second-order valence-corrected chi connectivity index (χ2v) is 13.8. The molecule has 0 radical (unpaired) electrons. The summed E-state index contributed by atoms with van der Waals surface area (Å²) < 4.78 is 12.2. The van der Waals surface area contributed by atoms with Gasteiger partial charge < -0.3 is 41.8 Å². The second-order valence-electron chi connectivity index (χ2n) is 12.2. The monoisotopic (exact) mass is 713 g/mol. The number of urea groups is 1. The van der Waals surface area contributed by atoms with Crippen LogP contribution in [-0.4, -0.2) is 80.3 Å². The molecule has 3 aromatic rings. The van der Waals surface area contributed by atoms with Crippen molar-refractivity contribution in [3.05, 3.63) is 58.1 Å². The lowest BCUT2D eigenvalue weighted by atomic mass is 9.90. The molecule has 5 amide bonds. The van der Waals surface area contributed by atoms with Gasteiger partial charge in [-0.3, -0.25) is 14.4 Å². The zero-order valence-electron chi connectivity index (χ0n) is 27.5. The molecule has 49 heavy (non-hydrogen) atoms. The van der Waals surface area contributed by atoms with E-state index in [1.807, 2.05) is 24.3 Å². The van der Waals surface area contributed by atoms with Crippen molar-refractivity contribution in [2.45, 2.75) is 69.1 Å². The zero-order valence-corrected chi connectivity index (χ0v) is 29.0. The van der Waals surface area contributed by atoms with Gasteiger partial charge in [0.1, 0.15) is 23.9 Å². The number of thiazole rings is 1. The Hall–Kier alpha value is -3.98. The number of fused-ring (bicyclic) bond motifs is 2. The van der Waals surface area contributed by atoms with Crippen molar-refractivity contribution in [1.29, 1.82) is 0 Å². The molecule has 4 atom stereocenters. The molecule has 2 aromatic carbocycles. The van der Waals surface area contributed by atoms with Gasteiger partial charge in [-0.1, -0.05) is 29.8 Å². The van der Waals surface area contributed by atoms with E-state index >= 15 is 0 Å².